The zero-order valence-corrected chi connectivity index (χ0v) is 10.5. The Morgan fingerprint density at radius 3 is 3.00 bits per heavy atom. The second-order valence-corrected chi connectivity index (χ2v) is 4.87. The number of anilines is 1. The quantitative estimate of drug-likeness (QED) is 0.605. The Kier molecular flexibility index (Phi) is 3.31. The van der Waals surface area contributed by atoms with Crippen LogP contribution in [0.4, 0.5) is 5.69 Å². The summed E-state index contributed by atoms with van der Waals surface area (Å²) in [5.41, 5.74) is 7.17. The average Bonchev–Trinajstić information content (AvgIpc) is 2.33. The number of nitrogens with zero attached hydrogens (tertiary/aromatic N) is 2. The third-order valence-electron chi connectivity index (χ3n) is 3.72. The predicted octanol–water partition coefficient (Wildman–Crippen LogP) is 1.99. The van der Waals surface area contributed by atoms with E-state index in [0.717, 1.165) is 12.2 Å². The van der Waals surface area contributed by atoms with Crippen LogP contribution < -0.4 is 10.6 Å². The Hall–Kier alpha value is -1.58. The van der Waals surface area contributed by atoms with Crippen LogP contribution in [0, 0.1) is 11.3 Å². The molecule has 0 spiro atoms. The van der Waals surface area contributed by atoms with Crippen LogP contribution in [-0.2, 0) is 0 Å². The molecule has 0 saturated carbocycles. The second kappa shape index (κ2) is 4.73. The van der Waals surface area contributed by atoms with Crippen LogP contribution in [0.25, 0.3) is 0 Å². The van der Waals surface area contributed by atoms with Crippen molar-refractivity contribution in [1.29, 1.82) is 5.41 Å². The fourth-order valence-electron chi connectivity index (χ4n) is 2.45. The molecule has 1 aromatic rings. The Labute approximate surface area is 102 Å². The molecule has 92 valence electrons. The van der Waals surface area contributed by atoms with Crippen molar-refractivity contribution in [3.63, 3.8) is 0 Å². The number of nitrogens with two attached hydrogens (primary N) is 1. The van der Waals surface area contributed by atoms with Gasteiger partial charge in [0, 0.05) is 24.5 Å². The number of pyridine rings is 1. The van der Waals surface area contributed by atoms with Gasteiger partial charge in [-0.25, -0.2) is 0 Å². The van der Waals surface area contributed by atoms with Crippen molar-refractivity contribution in [2.45, 2.75) is 32.7 Å². The van der Waals surface area contributed by atoms with Crippen LogP contribution in [0.15, 0.2) is 18.3 Å². The van der Waals surface area contributed by atoms with Gasteiger partial charge < -0.3 is 10.6 Å². The lowest BCUT2D eigenvalue weighted by molar-refractivity contribution is 0.363. The van der Waals surface area contributed by atoms with Gasteiger partial charge in [0.15, 0.2) is 0 Å². The average molecular weight is 232 g/mol. The Bertz CT molecular complexity index is 416. The number of hydrogen-bond acceptors (Lipinski definition) is 3. The van der Waals surface area contributed by atoms with Crippen molar-refractivity contribution in [2.24, 2.45) is 11.7 Å². The first-order chi connectivity index (χ1) is 8.09. The molecule has 2 rings (SSSR count). The third kappa shape index (κ3) is 2.40. The van der Waals surface area contributed by atoms with Gasteiger partial charge in [0.2, 0.25) is 0 Å². The smallest absolute Gasteiger partial charge is 0.141 e. The minimum absolute atomic E-state index is 0.0320. The van der Waals surface area contributed by atoms with Crippen molar-refractivity contribution in [1.82, 2.24) is 4.98 Å². The van der Waals surface area contributed by atoms with Gasteiger partial charge in [-0.1, -0.05) is 6.92 Å². The van der Waals surface area contributed by atoms with Crippen LogP contribution in [0.3, 0.4) is 0 Å². The molecule has 1 aliphatic rings. The van der Waals surface area contributed by atoms with E-state index in [9.17, 15) is 0 Å². The maximum absolute atomic E-state index is 7.43. The molecule has 17 heavy (non-hydrogen) atoms. The van der Waals surface area contributed by atoms with Gasteiger partial charge in [0.05, 0.1) is 0 Å². The lowest BCUT2D eigenvalue weighted by Crippen LogP contribution is -2.42. The summed E-state index contributed by atoms with van der Waals surface area (Å²) in [6.45, 7) is 5.63. The van der Waals surface area contributed by atoms with Crippen molar-refractivity contribution >= 4 is 11.5 Å². The minimum Gasteiger partial charge on any atom is -0.382 e. The van der Waals surface area contributed by atoms with Gasteiger partial charge in [0.25, 0.3) is 0 Å². The SMILES string of the molecule is CC1CCCN(c2ccnc(C(=N)N)c2)C1C. The number of piperidine rings is 1. The first kappa shape index (κ1) is 11.9. The number of amidine groups is 1. The fraction of sp³-hybridized carbons (Fsp3) is 0.538. The normalized spacial score (nSPS) is 24.7. The number of nitrogen functional groups attached to an aromatic ring is 1. The van der Waals surface area contributed by atoms with Crippen LogP contribution in [-0.4, -0.2) is 23.4 Å². The molecule has 1 saturated heterocycles. The molecule has 3 N–H and O–H groups in total. The highest BCUT2D eigenvalue weighted by molar-refractivity contribution is 5.93. The molecule has 0 radical (unpaired) electrons. The Morgan fingerprint density at radius 2 is 2.29 bits per heavy atom. The van der Waals surface area contributed by atoms with Crippen LogP contribution in [0.5, 0.6) is 0 Å². The van der Waals surface area contributed by atoms with E-state index in [1.54, 1.807) is 6.20 Å². The van der Waals surface area contributed by atoms with Crippen molar-refractivity contribution in [2.75, 3.05) is 11.4 Å². The molecule has 1 aliphatic heterocycles. The monoisotopic (exact) mass is 232 g/mol. The largest absolute Gasteiger partial charge is 0.382 e. The summed E-state index contributed by atoms with van der Waals surface area (Å²) >= 11 is 0. The molecule has 2 heterocycles. The molecule has 0 amide bonds. The number of rotatable bonds is 2. The van der Waals surface area contributed by atoms with E-state index in [-0.39, 0.29) is 5.84 Å². The minimum atomic E-state index is 0.0320. The lowest BCUT2D eigenvalue weighted by atomic mass is 9.91. The summed E-state index contributed by atoms with van der Waals surface area (Å²) in [6, 6.07) is 4.45. The van der Waals surface area contributed by atoms with E-state index in [4.69, 9.17) is 11.1 Å². The predicted molar refractivity (Wildman–Crippen MR) is 70.5 cm³/mol. The molecule has 1 fully saturated rings. The molecule has 2 atom stereocenters. The highest BCUT2D eigenvalue weighted by atomic mass is 15.2. The third-order valence-corrected chi connectivity index (χ3v) is 3.72. The molecule has 0 aliphatic carbocycles. The van der Waals surface area contributed by atoms with Crippen molar-refractivity contribution in [3.8, 4) is 0 Å². The van der Waals surface area contributed by atoms with Gasteiger partial charge in [-0.2, -0.15) is 0 Å². The number of hydrogen-bond donors (Lipinski definition) is 2. The van der Waals surface area contributed by atoms with Gasteiger partial charge in [-0.05, 0) is 37.8 Å². The standard InChI is InChI=1S/C13H20N4/c1-9-4-3-7-17(10(9)2)11-5-6-16-12(8-11)13(14)15/h5-6,8-10H,3-4,7H2,1-2H3,(H3,14,15). The number of aromatic nitrogens is 1. The van der Waals surface area contributed by atoms with E-state index in [1.807, 2.05) is 12.1 Å². The molecule has 0 bridgehead atoms. The van der Waals surface area contributed by atoms with E-state index >= 15 is 0 Å². The molecular formula is C13H20N4. The van der Waals surface area contributed by atoms with E-state index < -0.39 is 0 Å². The zero-order valence-electron chi connectivity index (χ0n) is 10.5. The molecule has 0 aromatic carbocycles. The highest BCUT2D eigenvalue weighted by Gasteiger charge is 2.24. The van der Waals surface area contributed by atoms with E-state index in [1.165, 1.54) is 12.8 Å². The maximum Gasteiger partial charge on any atom is 0.141 e. The second-order valence-electron chi connectivity index (χ2n) is 4.87. The van der Waals surface area contributed by atoms with Gasteiger partial charge in [-0.3, -0.25) is 10.4 Å². The molecular weight excluding hydrogens is 212 g/mol. The van der Waals surface area contributed by atoms with Gasteiger partial charge in [0.1, 0.15) is 11.5 Å². The molecule has 2 unspecified atom stereocenters. The first-order valence-electron chi connectivity index (χ1n) is 6.16. The summed E-state index contributed by atoms with van der Waals surface area (Å²) in [5, 5.41) is 7.43. The first-order valence-corrected chi connectivity index (χ1v) is 6.16. The van der Waals surface area contributed by atoms with Crippen molar-refractivity contribution < 1.29 is 0 Å². The summed E-state index contributed by atoms with van der Waals surface area (Å²) < 4.78 is 0. The lowest BCUT2D eigenvalue weighted by Gasteiger charge is -2.39. The highest BCUT2D eigenvalue weighted by Crippen LogP contribution is 2.28. The Morgan fingerprint density at radius 1 is 1.53 bits per heavy atom. The van der Waals surface area contributed by atoms with Gasteiger partial charge in [-0.15, -0.1) is 0 Å². The van der Waals surface area contributed by atoms with Crippen LogP contribution in [0.2, 0.25) is 0 Å². The summed E-state index contributed by atoms with van der Waals surface area (Å²) in [4.78, 5) is 6.49. The summed E-state index contributed by atoms with van der Waals surface area (Å²) in [7, 11) is 0. The van der Waals surface area contributed by atoms with Crippen LogP contribution in [0.1, 0.15) is 32.4 Å². The Balaban J connectivity index is 2.26. The van der Waals surface area contributed by atoms with Crippen molar-refractivity contribution in [3.05, 3.63) is 24.0 Å². The molecule has 1 aromatic heterocycles. The fourth-order valence-corrected chi connectivity index (χ4v) is 2.45. The topological polar surface area (TPSA) is 66.0 Å². The van der Waals surface area contributed by atoms with Gasteiger partial charge >= 0.3 is 0 Å². The maximum atomic E-state index is 7.43. The van der Waals surface area contributed by atoms with E-state index in [2.05, 4.69) is 23.7 Å². The number of nitrogens with one attached hydrogen (secondary N) is 1. The molecule has 4 nitrogen and oxygen atoms in total. The van der Waals surface area contributed by atoms with E-state index in [0.29, 0.717) is 17.7 Å². The summed E-state index contributed by atoms with van der Waals surface area (Å²) in [5.74, 6) is 0.738. The zero-order chi connectivity index (χ0) is 12.4. The summed E-state index contributed by atoms with van der Waals surface area (Å²) in [6.07, 6.45) is 4.25. The van der Waals surface area contributed by atoms with Crippen LogP contribution >= 0.6 is 0 Å². The molecule has 4 heteroatoms.